The Morgan fingerprint density at radius 1 is 0.452 bits per heavy atom. The van der Waals surface area contributed by atoms with Crippen LogP contribution in [0.3, 0.4) is 0 Å². The molecule has 1 fully saturated rings. The molecular formula is C40H33NO. The summed E-state index contributed by atoms with van der Waals surface area (Å²) in [5.74, 6) is 0. The molecule has 0 radical (unpaired) electrons. The van der Waals surface area contributed by atoms with E-state index < -0.39 is 0 Å². The highest BCUT2D eigenvalue weighted by atomic mass is 16.3. The van der Waals surface area contributed by atoms with E-state index in [2.05, 4.69) is 132 Å². The van der Waals surface area contributed by atoms with E-state index in [4.69, 9.17) is 4.42 Å². The average Bonchev–Trinajstić information content (AvgIpc) is 3.44. The molecule has 8 rings (SSSR count). The van der Waals surface area contributed by atoms with Crippen molar-refractivity contribution in [3.8, 4) is 0 Å². The summed E-state index contributed by atoms with van der Waals surface area (Å²) in [4.78, 5) is 2.38. The van der Waals surface area contributed by atoms with Crippen molar-refractivity contribution in [2.75, 3.05) is 4.90 Å². The van der Waals surface area contributed by atoms with Gasteiger partial charge >= 0.3 is 0 Å². The number of rotatable bonds is 5. The topological polar surface area (TPSA) is 16.4 Å². The summed E-state index contributed by atoms with van der Waals surface area (Å²) >= 11 is 0. The lowest BCUT2D eigenvalue weighted by molar-refractivity contribution is 0.346. The van der Waals surface area contributed by atoms with Crippen molar-refractivity contribution in [1.82, 2.24) is 0 Å². The first-order valence-corrected chi connectivity index (χ1v) is 15.1. The zero-order valence-corrected chi connectivity index (χ0v) is 23.7. The van der Waals surface area contributed by atoms with Crippen LogP contribution in [-0.2, 0) is 5.41 Å². The molecule has 1 heterocycles. The van der Waals surface area contributed by atoms with E-state index in [1.165, 1.54) is 54.0 Å². The monoisotopic (exact) mass is 543 g/mol. The Kier molecular flexibility index (Phi) is 6.07. The van der Waals surface area contributed by atoms with E-state index in [9.17, 15) is 0 Å². The molecule has 2 nitrogen and oxygen atoms in total. The fourth-order valence-electron chi connectivity index (χ4n) is 7.20. The number of fused-ring (bicyclic) bond motifs is 4. The lowest BCUT2D eigenvalue weighted by Crippen LogP contribution is -2.30. The Morgan fingerprint density at radius 2 is 1.07 bits per heavy atom. The van der Waals surface area contributed by atoms with Crippen molar-refractivity contribution >= 4 is 49.8 Å². The van der Waals surface area contributed by atoms with E-state index in [0.29, 0.717) is 0 Å². The molecule has 0 aliphatic heterocycles. The van der Waals surface area contributed by atoms with Gasteiger partial charge in [-0.05, 0) is 83.3 Å². The van der Waals surface area contributed by atoms with E-state index in [-0.39, 0.29) is 5.41 Å². The molecule has 1 aromatic heterocycles. The highest BCUT2D eigenvalue weighted by Crippen LogP contribution is 2.46. The molecule has 1 aliphatic rings. The molecule has 1 aliphatic carbocycles. The van der Waals surface area contributed by atoms with Gasteiger partial charge in [-0.1, -0.05) is 110 Å². The van der Waals surface area contributed by atoms with Gasteiger partial charge in [0.2, 0.25) is 0 Å². The first-order chi connectivity index (χ1) is 20.8. The second-order valence-corrected chi connectivity index (χ2v) is 11.7. The first-order valence-electron chi connectivity index (χ1n) is 15.1. The van der Waals surface area contributed by atoms with Crippen LogP contribution in [0.1, 0.15) is 43.2 Å². The van der Waals surface area contributed by atoms with Crippen molar-refractivity contribution in [2.24, 2.45) is 0 Å². The molecule has 2 heteroatoms. The predicted molar refractivity (Wildman–Crippen MR) is 176 cm³/mol. The SMILES string of the molecule is c1ccc(C2(c3ccc(N(c4ccc5ccccc5c4)c4ccc5oc6ccccc6c5c4)cc3)CCCCC2)cc1. The van der Waals surface area contributed by atoms with Crippen LogP contribution in [0.15, 0.2) is 144 Å². The number of benzene rings is 6. The van der Waals surface area contributed by atoms with Crippen molar-refractivity contribution < 1.29 is 4.42 Å². The minimum absolute atomic E-state index is 0.0838. The molecule has 42 heavy (non-hydrogen) atoms. The number of hydrogen-bond acceptors (Lipinski definition) is 2. The van der Waals surface area contributed by atoms with Crippen LogP contribution in [0.2, 0.25) is 0 Å². The van der Waals surface area contributed by atoms with Gasteiger partial charge in [0, 0.05) is 33.2 Å². The number of nitrogens with zero attached hydrogens (tertiary/aromatic N) is 1. The van der Waals surface area contributed by atoms with Crippen LogP contribution in [0.5, 0.6) is 0 Å². The molecule has 0 spiro atoms. The lowest BCUT2D eigenvalue weighted by Gasteiger charge is -2.39. The summed E-state index contributed by atoms with van der Waals surface area (Å²) in [5, 5.41) is 4.76. The van der Waals surface area contributed by atoms with Gasteiger partial charge in [0.15, 0.2) is 0 Å². The normalized spacial score (nSPS) is 14.9. The van der Waals surface area contributed by atoms with Crippen LogP contribution in [0.25, 0.3) is 32.7 Å². The number of hydrogen-bond donors (Lipinski definition) is 0. The van der Waals surface area contributed by atoms with Crippen LogP contribution in [0, 0.1) is 0 Å². The van der Waals surface area contributed by atoms with Crippen molar-refractivity contribution in [3.05, 3.63) is 151 Å². The predicted octanol–water partition coefficient (Wildman–Crippen LogP) is 11.5. The largest absolute Gasteiger partial charge is 0.456 e. The summed E-state index contributed by atoms with van der Waals surface area (Å²) in [7, 11) is 0. The Balaban J connectivity index is 1.28. The molecule has 7 aromatic rings. The molecular weight excluding hydrogens is 510 g/mol. The quantitative estimate of drug-likeness (QED) is 0.215. The minimum atomic E-state index is 0.0838. The second kappa shape index (κ2) is 10.2. The fraction of sp³-hybridized carbons (Fsp3) is 0.150. The van der Waals surface area contributed by atoms with Crippen LogP contribution in [-0.4, -0.2) is 0 Å². The van der Waals surface area contributed by atoms with Gasteiger partial charge < -0.3 is 9.32 Å². The molecule has 0 bridgehead atoms. The highest BCUT2D eigenvalue weighted by molar-refractivity contribution is 6.06. The lowest BCUT2D eigenvalue weighted by atomic mass is 9.65. The minimum Gasteiger partial charge on any atom is -0.456 e. The van der Waals surface area contributed by atoms with Crippen molar-refractivity contribution in [3.63, 3.8) is 0 Å². The molecule has 6 aromatic carbocycles. The fourth-order valence-corrected chi connectivity index (χ4v) is 7.20. The first kappa shape index (κ1) is 24.9. The average molecular weight is 544 g/mol. The third-order valence-corrected chi connectivity index (χ3v) is 9.32. The maximum absolute atomic E-state index is 6.17. The van der Waals surface area contributed by atoms with Gasteiger partial charge in [-0.2, -0.15) is 0 Å². The van der Waals surface area contributed by atoms with E-state index in [1.54, 1.807) is 0 Å². The zero-order valence-electron chi connectivity index (χ0n) is 23.7. The Labute approximate surface area is 246 Å². The molecule has 0 N–H and O–H groups in total. The Hall–Kier alpha value is -4.82. The van der Waals surface area contributed by atoms with Crippen molar-refractivity contribution in [1.29, 1.82) is 0 Å². The van der Waals surface area contributed by atoms with Gasteiger partial charge in [-0.15, -0.1) is 0 Å². The maximum atomic E-state index is 6.17. The summed E-state index contributed by atoms with van der Waals surface area (Å²) in [5.41, 5.74) is 8.20. The van der Waals surface area contributed by atoms with Crippen LogP contribution in [0.4, 0.5) is 17.1 Å². The van der Waals surface area contributed by atoms with E-state index >= 15 is 0 Å². The molecule has 0 unspecified atom stereocenters. The third-order valence-electron chi connectivity index (χ3n) is 9.32. The Morgan fingerprint density at radius 3 is 1.90 bits per heavy atom. The van der Waals surface area contributed by atoms with Gasteiger partial charge in [0.1, 0.15) is 11.2 Å². The summed E-state index contributed by atoms with van der Waals surface area (Å²) < 4.78 is 6.17. The number of anilines is 3. The van der Waals surface area contributed by atoms with E-state index in [0.717, 1.165) is 39.0 Å². The molecule has 204 valence electrons. The maximum Gasteiger partial charge on any atom is 0.135 e. The van der Waals surface area contributed by atoms with Crippen molar-refractivity contribution in [2.45, 2.75) is 37.5 Å². The van der Waals surface area contributed by atoms with Gasteiger partial charge in [-0.3, -0.25) is 0 Å². The van der Waals surface area contributed by atoms with Gasteiger partial charge in [0.25, 0.3) is 0 Å². The summed E-state index contributed by atoms with van der Waals surface area (Å²) in [6, 6.07) is 50.8. The van der Waals surface area contributed by atoms with Crippen LogP contribution >= 0.6 is 0 Å². The smallest absolute Gasteiger partial charge is 0.135 e. The van der Waals surface area contributed by atoms with Gasteiger partial charge in [-0.25, -0.2) is 0 Å². The summed E-state index contributed by atoms with van der Waals surface area (Å²) in [6.45, 7) is 0. The second-order valence-electron chi connectivity index (χ2n) is 11.7. The zero-order chi connectivity index (χ0) is 27.9. The molecule has 0 amide bonds. The number of furan rings is 1. The highest BCUT2D eigenvalue weighted by Gasteiger charge is 2.35. The molecule has 0 saturated heterocycles. The molecule has 0 atom stereocenters. The standard InChI is InChI=1S/C40H33NO/c1-3-13-31(14-4-1)40(25-9-2-10-26-40)32-18-21-33(22-19-32)41(34-20-17-29-11-5-6-12-30(29)27-34)35-23-24-39-37(28-35)36-15-7-8-16-38(36)42-39/h1,3-8,11-24,27-28H,2,9-10,25-26H2. The van der Waals surface area contributed by atoms with Crippen LogP contribution < -0.4 is 4.90 Å². The number of para-hydroxylation sites is 1. The summed E-state index contributed by atoms with van der Waals surface area (Å²) in [6.07, 6.45) is 6.29. The molecule has 1 saturated carbocycles. The third kappa shape index (κ3) is 4.18. The van der Waals surface area contributed by atoms with Gasteiger partial charge in [0.05, 0.1) is 0 Å². The Bertz CT molecular complexity index is 2010. The van der Waals surface area contributed by atoms with E-state index in [1.807, 2.05) is 12.1 Å².